The molecule has 0 spiro atoms. The van der Waals surface area contributed by atoms with Crippen molar-refractivity contribution in [3.63, 3.8) is 0 Å². The number of methoxy groups -OCH3 is 1. The summed E-state index contributed by atoms with van der Waals surface area (Å²) < 4.78 is 5.04. The van der Waals surface area contributed by atoms with Gasteiger partial charge in [-0.2, -0.15) is 0 Å². The Hall–Kier alpha value is -2.03. The lowest BCUT2D eigenvalue weighted by atomic mass is 10.1. The van der Waals surface area contributed by atoms with E-state index in [9.17, 15) is 0 Å². The standard InChI is InChI=1S/C12H12N2O/c1-15-11-6-7-12(14-8-11)9-2-4-10(13)5-3-9/h2-8H,13H2,1H3. The van der Waals surface area contributed by atoms with Crippen molar-refractivity contribution in [3.8, 4) is 17.0 Å². The molecule has 2 rings (SSSR count). The summed E-state index contributed by atoms with van der Waals surface area (Å²) in [6, 6.07) is 11.4. The smallest absolute Gasteiger partial charge is 0.137 e. The lowest BCUT2D eigenvalue weighted by Gasteiger charge is -2.02. The van der Waals surface area contributed by atoms with Crippen LogP contribution in [0.1, 0.15) is 0 Å². The summed E-state index contributed by atoms with van der Waals surface area (Å²) in [6.45, 7) is 0. The number of nitrogens with zero attached hydrogens (tertiary/aromatic N) is 1. The van der Waals surface area contributed by atoms with Gasteiger partial charge in [-0.25, -0.2) is 0 Å². The zero-order valence-corrected chi connectivity index (χ0v) is 8.47. The molecule has 0 saturated heterocycles. The van der Waals surface area contributed by atoms with Crippen molar-refractivity contribution in [1.29, 1.82) is 0 Å². The third kappa shape index (κ3) is 2.07. The molecule has 0 saturated carbocycles. The first-order valence-corrected chi connectivity index (χ1v) is 4.65. The molecule has 2 aromatic rings. The SMILES string of the molecule is COc1ccc(-c2ccc(N)cc2)nc1. The van der Waals surface area contributed by atoms with Crippen molar-refractivity contribution < 1.29 is 4.74 Å². The van der Waals surface area contributed by atoms with E-state index in [-0.39, 0.29) is 0 Å². The van der Waals surface area contributed by atoms with Gasteiger partial charge in [0.15, 0.2) is 0 Å². The fraction of sp³-hybridized carbons (Fsp3) is 0.0833. The lowest BCUT2D eigenvalue weighted by Crippen LogP contribution is -1.88. The third-order valence-electron chi connectivity index (χ3n) is 2.18. The molecule has 0 atom stereocenters. The quantitative estimate of drug-likeness (QED) is 0.757. The monoisotopic (exact) mass is 200 g/mol. The van der Waals surface area contributed by atoms with E-state index < -0.39 is 0 Å². The Morgan fingerprint density at radius 3 is 2.33 bits per heavy atom. The molecule has 0 amide bonds. The van der Waals surface area contributed by atoms with E-state index in [1.165, 1.54) is 0 Å². The normalized spacial score (nSPS) is 9.93. The van der Waals surface area contributed by atoms with E-state index in [1.54, 1.807) is 13.3 Å². The number of nitrogens with two attached hydrogens (primary N) is 1. The van der Waals surface area contributed by atoms with Crippen LogP contribution in [-0.2, 0) is 0 Å². The summed E-state index contributed by atoms with van der Waals surface area (Å²) in [5.74, 6) is 0.759. The maximum atomic E-state index is 5.61. The first kappa shape index (κ1) is 9.52. The third-order valence-corrected chi connectivity index (χ3v) is 2.18. The molecule has 1 aromatic carbocycles. The molecule has 76 valence electrons. The van der Waals surface area contributed by atoms with Gasteiger partial charge in [-0.15, -0.1) is 0 Å². The van der Waals surface area contributed by atoms with Gasteiger partial charge in [0.2, 0.25) is 0 Å². The summed E-state index contributed by atoms with van der Waals surface area (Å²) in [6.07, 6.45) is 1.70. The minimum Gasteiger partial charge on any atom is -0.495 e. The van der Waals surface area contributed by atoms with E-state index >= 15 is 0 Å². The maximum Gasteiger partial charge on any atom is 0.137 e. The second kappa shape index (κ2) is 4.00. The average molecular weight is 200 g/mol. The van der Waals surface area contributed by atoms with Crippen LogP contribution in [0.15, 0.2) is 42.6 Å². The van der Waals surface area contributed by atoms with Crippen molar-refractivity contribution >= 4 is 5.69 Å². The van der Waals surface area contributed by atoms with Crippen molar-refractivity contribution in [2.24, 2.45) is 0 Å². The second-order valence-electron chi connectivity index (χ2n) is 3.21. The van der Waals surface area contributed by atoms with Crippen LogP contribution in [0.3, 0.4) is 0 Å². The van der Waals surface area contributed by atoms with Gasteiger partial charge in [-0.1, -0.05) is 12.1 Å². The van der Waals surface area contributed by atoms with Crippen LogP contribution in [0.25, 0.3) is 11.3 Å². The van der Waals surface area contributed by atoms with Crippen molar-refractivity contribution in [2.45, 2.75) is 0 Å². The zero-order valence-electron chi connectivity index (χ0n) is 8.47. The van der Waals surface area contributed by atoms with E-state index in [1.807, 2.05) is 36.4 Å². The van der Waals surface area contributed by atoms with E-state index in [0.29, 0.717) is 0 Å². The minimum absolute atomic E-state index is 0.757. The largest absolute Gasteiger partial charge is 0.495 e. The first-order chi connectivity index (χ1) is 7.29. The lowest BCUT2D eigenvalue weighted by molar-refractivity contribution is 0.413. The molecule has 1 aromatic heterocycles. The number of ether oxygens (including phenoxy) is 1. The highest BCUT2D eigenvalue weighted by Gasteiger charge is 1.98. The first-order valence-electron chi connectivity index (χ1n) is 4.65. The van der Waals surface area contributed by atoms with E-state index in [2.05, 4.69) is 4.98 Å². The van der Waals surface area contributed by atoms with Gasteiger partial charge < -0.3 is 10.5 Å². The molecule has 1 heterocycles. The molecule has 3 heteroatoms. The number of anilines is 1. The van der Waals surface area contributed by atoms with Crippen LogP contribution in [-0.4, -0.2) is 12.1 Å². The fourth-order valence-electron chi connectivity index (χ4n) is 1.33. The summed E-state index contributed by atoms with van der Waals surface area (Å²) in [5, 5.41) is 0. The van der Waals surface area contributed by atoms with Crippen LogP contribution in [0.4, 0.5) is 5.69 Å². The summed E-state index contributed by atoms with van der Waals surface area (Å²) in [4.78, 5) is 4.28. The molecule has 15 heavy (non-hydrogen) atoms. The fourth-order valence-corrected chi connectivity index (χ4v) is 1.33. The van der Waals surface area contributed by atoms with E-state index in [4.69, 9.17) is 10.5 Å². The Bertz CT molecular complexity index is 434. The number of rotatable bonds is 2. The molecule has 0 aliphatic carbocycles. The number of nitrogen functional groups attached to an aromatic ring is 1. The Kier molecular flexibility index (Phi) is 2.54. The van der Waals surface area contributed by atoms with Gasteiger partial charge in [0, 0.05) is 11.3 Å². The minimum atomic E-state index is 0.757. The van der Waals surface area contributed by atoms with Crippen LogP contribution < -0.4 is 10.5 Å². The van der Waals surface area contributed by atoms with Crippen molar-refractivity contribution in [2.75, 3.05) is 12.8 Å². The van der Waals surface area contributed by atoms with Crippen molar-refractivity contribution in [3.05, 3.63) is 42.6 Å². The Balaban J connectivity index is 2.33. The summed E-state index contributed by atoms with van der Waals surface area (Å²) >= 11 is 0. The summed E-state index contributed by atoms with van der Waals surface area (Å²) in [5.41, 5.74) is 8.33. The average Bonchev–Trinajstić information content (AvgIpc) is 2.30. The van der Waals surface area contributed by atoms with Gasteiger partial charge in [0.1, 0.15) is 5.75 Å². The van der Waals surface area contributed by atoms with Crippen LogP contribution in [0.5, 0.6) is 5.75 Å². The molecule has 0 unspecified atom stereocenters. The predicted octanol–water partition coefficient (Wildman–Crippen LogP) is 2.34. The highest BCUT2D eigenvalue weighted by Crippen LogP contribution is 2.20. The van der Waals surface area contributed by atoms with Crippen LogP contribution in [0, 0.1) is 0 Å². The van der Waals surface area contributed by atoms with Crippen LogP contribution >= 0.6 is 0 Å². The Morgan fingerprint density at radius 2 is 1.80 bits per heavy atom. The molecular formula is C12H12N2O. The molecular weight excluding hydrogens is 188 g/mol. The number of benzene rings is 1. The molecule has 0 fully saturated rings. The predicted molar refractivity (Wildman–Crippen MR) is 60.6 cm³/mol. The van der Waals surface area contributed by atoms with Gasteiger partial charge in [-0.05, 0) is 24.3 Å². The number of hydrogen-bond donors (Lipinski definition) is 1. The topological polar surface area (TPSA) is 48.1 Å². The molecule has 0 bridgehead atoms. The molecule has 2 N–H and O–H groups in total. The number of hydrogen-bond acceptors (Lipinski definition) is 3. The maximum absolute atomic E-state index is 5.61. The molecule has 0 aliphatic rings. The highest BCUT2D eigenvalue weighted by molar-refractivity contribution is 5.62. The van der Waals surface area contributed by atoms with Crippen LogP contribution in [0.2, 0.25) is 0 Å². The van der Waals surface area contributed by atoms with Gasteiger partial charge in [0.25, 0.3) is 0 Å². The number of aromatic nitrogens is 1. The molecule has 0 aliphatic heterocycles. The summed E-state index contributed by atoms with van der Waals surface area (Å²) in [7, 11) is 1.62. The second-order valence-corrected chi connectivity index (χ2v) is 3.21. The Morgan fingerprint density at radius 1 is 1.07 bits per heavy atom. The molecule has 0 radical (unpaired) electrons. The van der Waals surface area contributed by atoms with Gasteiger partial charge in [0.05, 0.1) is 19.0 Å². The van der Waals surface area contributed by atoms with Gasteiger partial charge in [-0.3, -0.25) is 4.98 Å². The zero-order chi connectivity index (χ0) is 10.7. The molecule has 3 nitrogen and oxygen atoms in total. The van der Waals surface area contributed by atoms with Gasteiger partial charge >= 0.3 is 0 Å². The number of pyridine rings is 1. The highest BCUT2D eigenvalue weighted by atomic mass is 16.5. The Labute approximate surface area is 88.5 Å². The van der Waals surface area contributed by atoms with E-state index in [0.717, 1.165) is 22.7 Å². The van der Waals surface area contributed by atoms with Crippen molar-refractivity contribution in [1.82, 2.24) is 4.98 Å².